The summed E-state index contributed by atoms with van der Waals surface area (Å²) < 4.78 is 12.5. The van der Waals surface area contributed by atoms with Gasteiger partial charge < -0.3 is 5.32 Å². The summed E-state index contributed by atoms with van der Waals surface area (Å²) in [6.45, 7) is 6.00. The van der Waals surface area contributed by atoms with E-state index in [0.29, 0.717) is 11.6 Å². The van der Waals surface area contributed by atoms with Gasteiger partial charge in [0.2, 0.25) is 0 Å². The van der Waals surface area contributed by atoms with Crippen LogP contribution in [0.15, 0.2) is 29.9 Å². The van der Waals surface area contributed by atoms with Gasteiger partial charge in [-0.3, -0.25) is 4.98 Å². The zero-order chi connectivity index (χ0) is 10.6. The zero-order valence-corrected chi connectivity index (χ0v) is 8.68. The minimum absolute atomic E-state index is 0.0334. The summed E-state index contributed by atoms with van der Waals surface area (Å²) in [6.07, 6.45) is 1.20. The summed E-state index contributed by atoms with van der Waals surface area (Å²) in [5.74, 6) is -0.331. The minimum Gasteiger partial charge on any atom is -0.304 e. The van der Waals surface area contributed by atoms with Gasteiger partial charge in [-0.25, -0.2) is 4.39 Å². The number of pyridine rings is 1. The topological polar surface area (TPSA) is 24.9 Å². The van der Waals surface area contributed by atoms with Crippen LogP contribution in [0.2, 0.25) is 0 Å². The average Bonchev–Trinajstić information content (AvgIpc) is 2.15. The van der Waals surface area contributed by atoms with Crippen molar-refractivity contribution in [1.29, 1.82) is 0 Å². The molecule has 76 valence electrons. The Hall–Kier alpha value is -0.930. The van der Waals surface area contributed by atoms with E-state index in [1.165, 1.54) is 12.3 Å². The van der Waals surface area contributed by atoms with Crippen molar-refractivity contribution in [2.45, 2.75) is 13.0 Å². The van der Waals surface area contributed by atoms with Gasteiger partial charge in [0.15, 0.2) is 0 Å². The third kappa shape index (κ3) is 3.44. The lowest BCUT2D eigenvalue weighted by atomic mass is 10.2. The van der Waals surface area contributed by atoms with Gasteiger partial charge in [0, 0.05) is 17.6 Å². The molecule has 0 amide bonds. The predicted molar refractivity (Wildman–Crippen MR) is 55.6 cm³/mol. The fraction of sp³-hybridized carbons (Fsp3) is 0.300. The lowest BCUT2D eigenvalue weighted by molar-refractivity contribution is 0.583. The summed E-state index contributed by atoms with van der Waals surface area (Å²) in [4.78, 5) is 3.95. The van der Waals surface area contributed by atoms with E-state index < -0.39 is 0 Å². The monoisotopic (exact) mass is 214 g/mol. The van der Waals surface area contributed by atoms with Crippen LogP contribution in [0.1, 0.15) is 18.7 Å². The standard InChI is InChI=1S/C10H12ClFN2/c1-7(11)5-13-8(2)10-4-3-9(12)6-14-10/h3-4,6,8,13H,1,5H2,2H3. The number of nitrogens with one attached hydrogen (secondary N) is 1. The maximum absolute atomic E-state index is 12.5. The van der Waals surface area contributed by atoms with E-state index in [1.807, 2.05) is 6.92 Å². The van der Waals surface area contributed by atoms with Crippen molar-refractivity contribution in [3.63, 3.8) is 0 Å². The molecule has 1 unspecified atom stereocenters. The zero-order valence-electron chi connectivity index (χ0n) is 7.93. The minimum atomic E-state index is -0.331. The normalized spacial score (nSPS) is 12.5. The summed E-state index contributed by atoms with van der Waals surface area (Å²) in [7, 11) is 0. The molecule has 4 heteroatoms. The maximum atomic E-state index is 12.5. The molecule has 0 saturated carbocycles. The van der Waals surface area contributed by atoms with Crippen LogP contribution < -0.4 is 5.32 Å². The number of nitrogens with zero attached hydrogens (tertiary/aromatic N) is 1. The second-order valence-corrected chi connectivity index (χ2v) is 3.56. The molecule has 2 nitrogen and oxygen atoms in total. The van der Waals surface area contributed by atoms with E-state index in [4.69, 9.17) is 11.6 Å². The molecule has 0 bridgehead atoms. The number of halogens is 2. The first-order chi connectivity index (χ1) is 6.59. The summed E-state index contributed by atoms with van der Waals surface area (Å²) in [5, 5.41) is 3.64. The van der Waals surface area contributed by atoms with Crippen molar-refractivity contribution < 1.29 is 4.39 Å². The average molecular weight is 215 g/mol. The molecular formula is C10H12ClFN2. The highest BCUT2D eigenvalue weighted by atomic mass is 35.5. The van der Waals surface area contributed by atoms with Gasteiger partial charge in [0.25, 0.3) is 0 Å². The van der Waals surface area contributed by atoms with Crippen LogP contribution >= 0.6 is 11.6 Å². The Labute approximate surface area is 87.8 Å². The number of hydrogen-bond acceptors (Lipinski definition) is 2. The van der Waals surface area contributed by atoms with E-state index in [-0.39, 0.29) is 11.9 Å². The predicted octanol–water partition coefficient (Wildman–Crippen LogP) is 2.62. The van der Waals surface area contributed by atoms with Crippen LogP contribution in [0.3, 0.4) is 0 Å². The van der Waals surface area contributed by atoms with Gasteiger partial charge in [-0.15, -0.1) is 0 Å². The Morgan fingerprint density at radius 3 is 2.93 bits per heavy atom. The van der Waals surface area contributed by atoms with Crippen LogP contribution in [0.5, 0.6) is 0 Å². The molecule has 0 saturated heterocycles. The Balaban J connectivity index is 2.56. The number of hydrogen-bond donors (Lipinski definition) is 1. The SMILES string of the molecule is C=C(Cl)CNC(C)c1ccc(F)cn1. The molecule has 1 heterocycles. The highest BCUT2D eigenvalue weighted by Crippen LogP contribution is 2.09. The largest absolute Gasteiger partial charge is 0.304 e. The van der Waals surface area contributed by atoms with Crippen LogP contribution in [0.25, 0.3) is 0 Å². The Morgan fingerprint density at radius 1 is 1.71 bits per heavy atom. The summed E-state index contributed by atoms with van der Waals surface area (Å²) in [5.41, 5.74) is 0.782. The van der Waals surface area contributed by atoms with Crippen LogP contribution in [-0.4, -0.2) is 11.5 Å². The van der Waals surface area contributed by atoms with Crippen molar-refractivity contribution in [3.8, 4) is 0 Å². The summed E-state index contributed by atoms with van der Waals surface area (Å²) >= 11 is 5.60. The van der Waals surface area contributed by atoms with E-state index in [9.17, 15) is 4.39 Å². The van der Waals surface area contributed by atoms with Crippen molar-refractivity contribution in [1.82, 2.24) is 10.3 Å². The molecule has 0 radical (unpaired) electrons. The van der Waals surface area contributed by atoms with Crippen molar-refractivity contribution in [2.24, 2.45) is 0 Å². The molecule has 1 aromatic rings. The van der Waals surface area contributed by atoms with Gasteiger partial charge in [-0.1, -0.05) is 18.2 Å². The molecule has 0 spiro atoms. The molecule has 1 N–H and O–H groups in total. The summed E-state index contributed by atoms with van der Waals surface area (Å²) in [6, 6.07) is 3.06. The van der Waals surface area contributed by atoms with Gasteiger partial charge in [-0.05, 0) is 19.1 Å². The first-order valence-corrected chi connectivity index (χ1v) is 4.65. The molecule has 1 rings (SSSR count). The quantitative estimate of drug-likeness (QED) is 0.834. The fourth-order valence-corrected chi connectivity index (χ4v) is 1.09. The molecule has 1 aromatic heterocycles. The highest BCUT2D eigenvalue weighted by Gasteiger charge is 2.05. The maximum Gasteiger partial charge on any atom is 0.141 e. The molecule has 14 heavy (non-hydrogen) atoms. The number of rotatable bonds is 4. The van der Waals surface area contributed by atoms with Crippen molar-refractivity contribution in [2.75, 3.05) is 6.54 Å². The molecule has 0 aliphatic rings. The van der Waals surface area contributed by atoms with Crippen LogP contribution in [0.4, 0.5) is 4.39 Å². The van der Waals surface area contributed by atoms with Gasteiger partial charge in [0.1, 0.15) is 5.82 Å². The Morgan fingerprint density at radius 2 is 2.43 bits per heavy atom. The molecular weight excluding hydrogens is 203 g/mol. The van der Waals surface area contributed by atoms with E-state index >= 15 is 0 Å². The van der Waals surface area contributed by atoms with Crippen LogP contribution in [0, 0.1) is 5.82 Å². The molecule has 0 aromatic carbocycles. The highest BCUT2D eigenvalue weighted by molar-refractivity contribution is 6.29. The van der Waals surface area contributed by atoms with E-state index in [0.717, 1.165) is 5.69 Å². The third-order valence-corrected chi connectivity index (χ3v) is 1.93. The lowest BCUT2D eigenvalue weighted by Gasteiger charge is -2.12. The smallest absolute Gasteiger partial charge is 0.141 e. The van der Waals surface area contributed by atoms with E-state index in [2.05, 4.69) is 16.9 Å². The van der Waals surface area contributed by atoms with Crippen molar-refractivity contribution in [3.05, 3.63) is 41.5 Å². The van der Waals surface area contributed by atoms with Crippen molar-refractivity contribution >= 4 is 11.6 Å². The molecule has 0 fully saturated rings. The molecule has 0 aliphatic carbocycles. The fourth-order valence-electron chi connectivity index (χ4n) is 1.01. The van der Waals surface area contributed by atoms with Crippen LogP contribution in [-0.2, 0) is 0 Å². The lowest BCUT2D eigenvalue weighted by Crippen LogP contribution is -2.20. The van der Waals surface area contributed by atoms with Gasteiger partial charge in [-0.2, -0.15) is 0 Å². The van der Waals surface area contributed by atoms with Gasteiger partial charge >= 0.3 is 0 Å². The first kappa shape index (κ1) is 11.1. The molecule has 1 atom stereocenters. The Kier molecular flexibility index (Phi) is 4.04. The second-order valence-electron chi connectivity index (χ2n) is 3.02. The third-order valence-electron chi connectivity index (χ3n) is 1.79. The second kappa shape index (κ2) is 5.08. The number of aromatic nitrogens is 1. The van der Waals surface area contributed by atoms with Gasteiger partial charge in [0.05, 0.1) is 11.9 Å². The van der Waals surface area contributed by atoms with E-state index in [1.54, 1.807) is 6.07 Å². The molecule has 0 aliphatic heterocycles. The first-order valence-electron chi connectivity index (χ1n) is 4.27. The Bertz CT molecular complexity index is 310.